The van der Waals surface area contributed by atoms with Gasteiger partial charge in [-0.05, 0) is 71.0 Å². The Kier molecular flexibility index (Phi) is 5.62. The summed E-state index contributed by atoms with van der Waals surface area (Å²) in [4.78, 5) is 14.4. The first kappa shape index (κ1) is 20.5. The molecule has 154 valence electrons. The first-order chi connectivity index (χ1) is 13.2. The van der Waals surface area contributed by atoms with Crippen LogP contribution in [0, 0.1) is 0 Å². The van der Waals surface area contributed by atoms with Crippen molar-refractivity contribution < 1.29 is 23.7 Å². The number of allylic oxidation sites excluding steroid dienone is 1. The van der Waals surface area contributed by atoms with Crippen LogP contribution in [0.3, 0.4) is 0 Å². The summed E-state index contributed by atoms with van der Waals surface area (Å²) >= 11 is 0. The lowest BCUT2D eigenvalue weighted by atomic mass is 9.68. The Morgan fingerprint density at radius 2 is 1.89 bits per heavy atom. The standard InChI is InChI=1S/C22H31NO5/c1-21(2,3)28-20(24)27-16-9-10-22(11-12-23(4)19(22)14-16)15-7-8-17(25-5)18(13-15)26-6/h7-9,13,19H,10-12,14H2,1-6H3. The van der Waals surface area contributed by atoms with E-state index in [1.807, 2.05) is 32.9 Å². The topological polar surface area (TPSA) is 57.2 Å². The number of methoxy groups -OCH3 is 2. The molecule has 2 atom stereocenters. The first-order valence-electron chi connectivity index (χ1n) is 9.71. The van der Waals surface area contributed by atoms with Crippen molar-refractivity contribution in [2.75, 3.05) is 27.8 Å². The van der Waals surface area contributed by atoms with E-state index >= 15 is 0 Å². The highest BCUT2D eigenvalue weighted by atomic mass is 16.7. The highest BCUT2D eigenvalue weighted by Gasteiger charge is 2.49. The number of benzene rings is 1. The molecule has 1 saturated heterocycles. The fourth-order valence-electron chi connectivity index (χ4n) is 4.34. The second kappa shape index (κ2) is 7.66. The Balaban J connectivity index is 1.86. The average Bonchev–Trinajstić information content (AvgIpc) is 2.97. The molecule has 0 aromatic heterocycles. The summed E-state index contributed by atoms with van der Waals surface area (Å²) < 4.78 is 21.7. The van der Waals surface area contributed by atoms with Gasteiger partial charge in [0.25, 0.3) is 0 Å². The van der Waals surface area contributed by atoms with Crippen LogP contribution >= 0.6 is 0 Å². The van der Waals surface area contributed by atoms with Crippen molar-refractivity contribution in [3.8, 4) is 11.5 Å². The largest absolute Gasteiger partial charge is 0.514 e. The second-order valence-electron chi connectivity index (χ2n) is 8.62. The number of hydrogen-bond donors (Lipinski definition) is 0. The normalized spacial score (nSPS) is 24.9. The minimum Gasteiger partial charge on any atom is -0.493 e. The zero-order chi connectivity index (χ0) is 20.5. The molecule has 0 saturated carbocycles. The van der Waals surface area contributed by atoms with Crippen molar-refractivity contribution in [3.05, 3.63) is 35.6 Å². The molecule has 28 heavy (non-hydrogen) atoms. The van der Waals surface area contributed by atoms with Gasteiger partial charge in [-0.15, -0.1) is 0 Å². The molecule has 2 aliphatic rings. The van der Waals surface area contributed by atoms with E-state index in [9.17, 15) is 4.79 Å². The Morgan fingerprint density at radius 3 is 2.54 bits per heavy atom. The minimum atomic E-state index is -0.641. The Labute approximate surface area is 167 Å². The maximum Gasteiger partial charge on any atom is 0.514 e. The number of nitrogens with zero attached hydrogens (tertiary/aromatic N) is 1. The van der Waals surface area contributed by atoms with Crippen LogP contribution in [0.4, 0.5) is 4.79 Å². The van der Waals surface area contributed by atoms with E-state index in [0.29, 0.717) is 12.2 Å². The number of carbonyl (C=O) groups excluding carboxylic acids is 1. The third-order valence-electron chi connectivity index (χ3n) is 5.73. The van der Waals surface area contributed by atoms with Crippen LogP contribution in [-0.4, -0.2) is 50.5 Å². The summed E-state index contributed by atoms with van der Waals surface area (Å²) in [6.07, 6.45) is 3.91. The Hall–Kier alpha value is -2.21. The van der Waals surface area contributed by atoms with Crippen LogP contribution in [0.1, 0.15) is 45.6 Å². The van der Waals surface area contributed by atoms with Crippen molar-refractivity contribution in [3.63, 3.8) is 0 Å². The molecular weight excluding hydrogens is 358 g/mol. The zero-order valence-corrected chi connectivity index (χ0v) is 17.7. The Bertz CT molecular complexity index is 767. The lowest BCUT2D eigenvalue weighted by Gasteiger charge is -2.40. The smallest absolute Gasteiger partial charge is 0.493 e. The van der Waals surface area contributed by atoms with Gasteiger partial charge in [0.2, 0.25) is 0 Å². The lowest BCUT2D eigenvalue weighted by molar-refractivity contribution is 0.00258. The van der Waals surface area contributed by atoms with Crippen LogP contribution in [0.5, 0.6) is 11.5 Å². The van der Waals surface area contributed by atoms with Gasteiger partial charge in [0.15, 0.2) is 11.5 Å². The molecule has 2 unspecified atom stereocenters. The lowest BCUT2D eigenvalue weighted by Crippen LogP contribution is -2.43. The predicted molar refractivity (Wildman–Crippen MR) is 107 cm³/mol. The van der Waals surface area contributed by atoms with Crippen molar-refractivity contribution in [2.45, 2.75) is 57.1 Å². The van der Waals surface area contributed by atoms with E-state index in [1.54, 1.807) is 14.2 Å². The average molecular weight is 389 g/mol. The Morgan fingerprint density at radius 1 is 1.18 bits per heavy atom. The predicted octanol–water partition coefficient (Wildman–Crippen LogP) is 4.28. The third kappa shape index (κ3) is 3.97. The van der Waals surface area contributed by atoms with Crippen LogP contribution in [-0.2, 0) is 14.9 Å². The van der Waals surface area contributed by atoms with E-state index < -0.39 is 11.8 Å². The van der Waals surface area contributed by atoms with Crippen LogP contribution in [0.25, 0.3) is 0 Å². The quantitative estimate of drug-likeness (QED) is 0.717. The molecule has 0 amide bonds. The molecule has 0 N–H and O–H groups in total. The SMILES string of the molecule is COc1ccc(C23CC=C(OC(=O)OC(C)(C)C)CC2N(C)CC3)cc1OC. The molecule has 0 bridgehead atoms. The van der Waals surface area contributed by atoms with Gasteiger partial charge in [0.1, 0.15) is 11.4 Å². The van der Waals surface area contributed by atoms with Gasteiger partial charge < -0.3 is 23.8 Å². The van der Waals surface area contributed by atoms with E-state index in [0.717, 1.165) is 30.9 Å². The molecule has 1 aliphatic carbocycles. The molecule has 3 rings (SSSR count). The maximum atomic E-state index is 12.1. The van der Waals surface area contributed by atoms with Crippen LogP contribution < -0.4 is 9.47 Å². The fraction of sp³-hybridized carbons (Fsp3) is 0.591. The maximum absolute atomic E-state index is 12.1. The number of likely N-dealkylation sites (tertiary alicyclic amines) is 1. The van der Waals surface area contributed by atoms with Gasteiger partial charge in [-0.1, -0.05) is 6.07 Å². The summed E-state index contributed by atoms with van der Waals surface area (Å²) in [5.41, 5.74) is 0.627. The van der Waals surface area contributed by atoms with Gasteiger partial charge in [0.05, 0.1) is 14.2 Å². The highest BCUT2D eigenvalue weighted by Crippen LogP contribution is 2.49. The van der Waals surface area contributed by atoms with Gasteiger partial charge >= 0.3 is 6.16 Å². The number of hydrogen-bond acceptors (Lipinski definition) is 6. The molecule has 0 spiro atoms. The number of carbonyl (C=O) groups is 1. The summed E-state index contributed by atoms with van der Waals surface area (Å²) in [5, 5.41) is 0. The number of ether oxygens (including phenoxy) is 4. The zero-order valence-electron chi connectivity index (χ0n) is 17.7. The molecule has 1 aliphatic heterocycles. The molecule has 0 radical (unpaired) electrons. The van der Waals surface area contributed by atoms with Gasteiger partial charge in [-0.3, -0.25) is 0 Å². The van der Waals surface area contributed by atoms with Gasteiger partial charge in [-0.2, -0.15) is 0 Å². The first-order valence-corrected chi connectivity index (χ1v) is 9.71. The van der Waals surface area contributed by atoms with Gasteiger partial charge in [-0.25, -0.2) is 4.79 Å². The summed E-state index contributed by atoms with van der Waals surface area (Å²) in [7, 11) is 5.43. The molecule has 1 aromatic carbocycles. The van der Waals surface area contributed by atoms with Crippen LogP contribution in [0.15, 0.2) is 30.0 Å². The fourth-order valence-corrected chi connectivity index (χ4v) is 4.34. The number of likely N-dealkylation sites (N-methyl/N-ethyl adjacent to an activating group) is 1. The molecule has 6 nitrogen and oxygen atoms in total. The van der Waals surface area contributed by atoms with Gasteiger partial charge in [0, 0.05) is 17.9 Å². The molecular formula is C22H31NO5. The monoisotopic (exact) mass is 389 g/mol. The molecule has 1 fully saturated rings. The summed E-state index contributed by atoms with van der Waals surface area (Å²) in [5.74, 6) is 2.15. The van der Waals surface area contributed by atoms with Crippen molar-refractivity contribution in [1.82, 2.24) is 4.90 Å². The minimum absolute atomic E-state index is 0.0326. The molecule has 1 aromatic rings. The number of fused-ring (bicyclic) bond motifs is 1. The summed E-state index contributed by atoms with van der Waals surface area (Å²) in [6, 6.07) is 6.42. The van der Waals surface area contributed by atoms with Crippen molar-refractivity contribution in [2.24, 2.45) is 0 Å². The highest BCUT2D eigenvalue weighted by molar-refractivity contribution is 5.62. The van der Waals surface area contributed by atoms with Crippen LogP contribution in [0.2, 0.25) is 0 Å². The van der Waals surface area contributed by atoms with Crippen molar-refractivity contribution in [1.29, 1.82) is 0 Å². The van der Waals surface area contributed by atoms with E-state index in [1.165, 1.54) is 5.56 Å². The second-order valence-corrected chi connectivity index (χ2v) is 8.62. The number of rotatable bonds is 4. The van der Waals surface area contributed by atoms with E-state index in [4.69, 9.17) is 18.9 Å². The van der Waals surface area contributed by atoms with Crippen molar-refractivity contribution >= 4 is 6.16 Å². The third-order valence-corrected chi connectivity index (χ3v) is 5.73. The van der Waals surface area contributed by atoms with E-state index in [2.05, 4.69) is 24.1 Å². The summed E-state index contributed by atoms with van der Waals surface area (Å²) in [6.45, 7) is 6.48. The molecule has 6 heteroatoms. The molecule has 1 heterocycles. The van der Waals surface area contributed by atoms with E-state index in [-0.39, 0.29) is 11.5 Å².